The molecule has 1 unspecified atom stereocenters. The Bertz CT molecular complexity index is 1360. The first-order valence-electron chi connectivity index (χ1n) is 17.3. The third-order valence-electron chi connectivity index (χ3n) is 11.0. The molecule has 264 valence electrons. The van der Waals surface area contributed by atoms with Gasteiger partial charge in [-0.1, -0.05) is 73.3 Å². The van der Waals surface area contributed by atoms with E-state index < -0.39 is 73.7 Å². The molecule has 0 radical (unpaired) electrons. The fourth-order valence-corrected chi connectivity index (χ4v) is 10.7. The normalized spacial score (nSPS) is 28.3. The van der Waals surface area contributed by atoms with Crippen molar-refractivity contribution in [3.63, 3.8) is 0 Å². The molecular formula is C34H55N5O7S. The van der Waals surface area contributed by atoms with Crippen molar-refractivity contribution in [1.29, 1.82) is 0 Å². The van der Waals surface area contributed by atoms with Gasteiger partial charge >= 0.3 is 6.03 Å². The van der Waals surface area contributed by atoms with Gasteiger partial charge < -0.3 is 26.2 Å². The van der Waals surface area contributed by atoms with Gasteiger partial charge in [0.1, 0.15) is 12.1 Å². The van der Waals surface area contributed by atoms with E-state index in [1.165, 1.54) is 11.0 Å². The lowest BCUT2D eigenvalue weighted by Crippen LogP contribution is -2.65. The van der Waals surface area contributed by atoms with Gasteiger partial charge in [0.2, 0.25) is 17.6 Å². The predicted molar refractivity (Wildman–Crippen MR) is 179 cm³/mol. The molecule has 6 atom stereocenters. The number of fused-ring (bicyclic) bond motifs is 1. The van der Waals surface area contributed by atoms with Crippen molar-refractivity contribution < 1.29 is 32.4 Å². The minimum absolute atomic E-state index is 0.0611. The lowest BCUT2D eigenvalue weighted by atomic mass is 9.78. The summed E-state index contributed by atoms with van der Waals surface area (Å²) in [6.07, 6.45) is 7.07. The van der Waals surface area contributed by atoms with Crippen LogP contribution in [0.15, 0.2) is 12.7 Å². The number of amides is 5. The maximum absolute atomic E-state index is 14.4. The van der Waals surface area contributed by atoms with Crippen molar-refractivity contribution in [2.24, 2.45) is 22.7 Å². The standard InChI is InChI=1S/C34H55N5O7S/c1-8-14-22(26(40)29(42)35-18-9-2)36-28(41)25-24-21(33(24,6)7)20-39(25)30(43)27(32(3,4)5)37-31(44)38-34(16-11-10-12-17-34)23-15-13-19-47(23,45)46/h9,21-25,27H,2,8,10-20H2,1,3-7H3,(H,35,42)(H,36,41)(H2,37,38,44)/t21-,22?,23-,24-,25+,27-/m1/s1. The Morgan fingerprint density at radius 1 is 1.02 bits per heavy atom. The van der Waals surface area contributed by atoms with Crippen LogP contribution in [0, 0.1) is 22.7 Å². The molecule has 47 heavy (non-hydrogen) atoms. The largest absolute Gasteiger partial charge is 0.346 e. The number of hydrogen-bond acceptors (Lipinski definition) is 7. The summed E-state index contributed by atoms with van der Waals surface area (Å²) in [7, 11) is -3.35. The zero-order valence-corrected chi connectivity index (χ0v) is 29.8. The van der Waals surface area contributed by atoms with Crippen LogP contribution in [0.4, 0.5) is 4.79 Å². The van der Waals surface area contributed by atoms with E-state index in [1.54, 1.807) is 0 Å². The van der Waals surface area contributed by atoms with Gasteiger partial charge in [-0.15, -0.1) is 6.58 Å². The van der Waals surface area contributed by atoms with E-state index in [-0.39, 0.29) is 36.0 Å². The molecule has 4 rings (SSSR count). The highest BCUT2D eigenvalue weighted by Crippen LogP contribution is 2.65. The number of carbonyl (C=O) groups excluding carboxylic acids is 5. The molecule has 13 heteroatoms. The van der Waals surface area contributed by atoms with Crippen molar-refractivity contribution >= 4 is 39.4 Å². The highest BCUT2D eigenvalue weighted by Gasteiger charge is 2.70. The number of likely N-dealkylation sites (tertiary alicyclic amines) is 1. The number of hydrogen-bond donors (Lipinski definition) is 4. The van der Waals surface area contributed by atoms with Gasteiger partial charge in [-0.25, -0.2) is 13.2 Å². The molecule has 0 bridgehead atoms. The second kappa shape index (κ2) is 13.9. The maximum atomic E-state index is 14.4. The van der Waals surface area contributed by atoms with E-state index in [2.05, 4.69) is 41.7 Å². The summed E-state index contributed by atoms with van der Waals surface area (Å²) in [4.78, 5) is 69.0. The number of rotatable bonds is 12. The Balaban J connectivity index is 1.55. The summed E-state index contributed by atoms with van der Waals surface area (Å²) in [6, 6.07) is -3.53. The first-order valence-corrected chi connectivity index (χ1v) is 19.0. The van der Waals surface area contributed by atoms with Gasteiger partial charge in [0.05, 0.1) is 22.6 Å². The Hall–Kier alpha value is -2.96. The number of ketones is 1. The Morgan fingerprint density at radius 3 is 2.23 bits per heavy atom. The molecule has 0 aromatic carbocycles. The summed E-state index contributed by atoms with van der Waals surface area (Å²) in [5.41, 5.74) is -1.84. The fourth-order valence-electron chi connectivity index (χ4n) is 8.37. The van der Waals surface area contributed by atoms with Crippen LogP contribution < -0.4 is 21.3 Å². The number of urea groups is 1. The number of nitrogens with zero attached hydrogens (tertiary/aromatic N) is 1. The molecule has 2 heterocycles. The third kappa shape index (κ3) is 7.54. The van der Waals surface area contributed by atoms with Gasteiger partial charge in [0.25, 0.3) is 5.91 Å². The van der Waals surface area contributed by atoms with Crippen molar-refractivity contribution in [2.75, 3.05) is 18.8 Å². The lowest BCUT2D eigenvalue weighted by molar-refractivity contribution is -0.145. The topological polar surface area (TPSA) is 171 Å². The van der Waals surface area contributed by atoms with Crippen molar-refractivity contribution in [3.8, 4) is 0 Å². The van der Waals surface area contributed by atoms with E-state index >= 15 is 0 Å². The molecule has 2 saturated carbocycles. The molecule has 4 aliphatic rings. The lowest BCUT2D eigenvalue weighted by Gasteiger charge is -2.43. The van der Waals surface area contributed by atoms with Crippen LogP contribution in [0.1, 0.15) is 99.3 Å². The molecule has 0 aromatic rings. The SMILES string of the molecule is C=CCNC(=O)C(=O)C(CCC)NC(=O)[C@@H]1[C@H]2[C@@H](CN1C(=O)[C@@H](NC(=O)NC1([C@H]3CCCS3(=O)=O)CCCCC1)C(C)(C)C)C2(C)C. The third-order valence-corrected chi connectivity index (χ3v) is 13.5. The van der Waals surface area contributed by atoms with Crippen LogP contribution in [0.2, 0.25) is 0 Å². The molecule has 4 fully saturated rings. The van der Waals surface area contributed by atoms with Crippen LogP contribution in [-0.4, -0.2) is 90.6 Å². The van der Waals surface area contributed by atoms with E-state index in [4.69, 9.17) is 0 Å². The number of sulfone groups is 1. The summed E-state index contributed by atoms with van der Waals surface area (Å²) in [5, 5.41) is 10.6. The molecule has 0 aromatic heterocycles. The second-order valence-electron chi connectivity index (χ2n) is 15.7. The van der Waals surface area contributed by atoms with E-state index in [0.717, 1.165) is 19.3 Å². The highest BCUT2D eigenvalue weighted by molar-refractivity contribution is 7.92. The van der Waals surface area contributed by atoms with Crippen LogP contribution in [-0.2, 0) is 29.0 Å². The zero-order valence-electron chi connectivity index (χ0n) is 28.9. The predicted octanol–water partition coefficient (Wildman–Crippen LogP) is 2.62. The molecule has 2 saturated heterocycles. The number of nitrogens with one attached hydrogen (secondary N) is 4. The Kier molecular flexibility index (Phi) is 10.9. The monoisotopic (exact) mass is 677 g/mol. The van der Waals surface area contributed by atoms with Crippen molar-refractivity contribution in [3.05, 3.63) is 12.7 Å². The summed E-state index contributed by atoms with van der Waals surface area (Å²) >= 11 is 0. The van der Waals surface area contributed by atoms with E-state index in [0.29, 0.717) is 38.6 Å². The van der Waals surface area contributed by atoms with Crippen molar-refractivity contribution in [1.82, 2.24) is 26.2 Å². The van der Waals surface area contributed by atoms with Gasteiger partial charge in [-0.3, -0.25) is 19.2 Å². The molecule has 4 N–H and O–H groups in total. The molecule has 12 nitrogen and oxygen atoms in total. The van der Waals surface area contributed by atoms with Crippen LogP contribution in [0.5, 0.6) is 0 Å². The minimum atomic E-state index is -3.35. The molecule has 2 aliphatic carbocycles. The molecular weight excluding hydrogens is 622 g/mol. The quantitative estimate of drug-likeness (QED) is 0.182. The van der Waals surface area contributed by atoms with E-state index in [9.17, 15) is 32.4 Å². The smallest absolute Gasteiger partial charge is 0.315 e. The zero-order chi connectivity index (χ0) is 34.9. The van der Waals surface area contributed by atoms with Crippen LogP contribution in [0.25, 0.3) is 0 Å². The Labute approximate surface area is 279 Å². The average molecular weight is 678 g/mol. The highest BCUT2D eigenvalue weighted by atomic mass is 32.2. The van der Waals surface area contributed by atoms with Crippen LogP contribution in [0.3, 0.4) is 0 Å². The maximum Gasteiger partial charge on any atom is 0.315 e. The first kappa shape index (κ1) is 36.9. The van der Waals surface area contributed by atoms with E-state index in [1.807, 2.05) is 27.7 Å². The van der Waals surface area contributed by atoms with Gasteiger partial charge in [-0.05, 0) is 54.8 Å². The summed E-state index contributed by atoms with van der Waals surface area (Å²) in [5.74, 6) is -2.44. The molecule has 0 spiro atoms. The van der Waals surface area contributed by atoms with Gasteiger partial charge in [0.15, 0.2) is 9.84 Å². The first-order chi connectivity index (χ1) is 21.9. The number of carbonyl (C=O) groups is 5. The second-order valence-corrected chi connectivity index (χ2v) is 18.0. The molecule has 2 aliphatic heterocycles. The summed E-state index contributed by atoms with van der Waals surface area (Å²) < 4.78 is 26.0. The number of Topliss-reactive ketones (excluding diaryl/α,β-unsaturated/α-hetero) is 1. The average Bonchev–Trinajstić information content (AvgIpc) is 3.30. The van der Waals surface area contributed by atoms with Crippen molar-refractivity contribution in [2.45, 2.75) is 128 Å². The number of piperidine rings is 1. The fraction of sp³-hybridized carbons (Fsp3) is 0.794. The molecule has 5 amide bonds. The Morgan fingerprint density at radius 2 is 1.68 bits per heavy atom. The van der Waals surface area contributed by atoms with Crippen LogP contribution >= 0.6 is 0 Å². The summed E-state index contributed by atoms with van der Waals surface area (Å²) in [6.45, 7) is 15.4. The van der Waals surface area contributed by atoms with Gasteiger partial charge in [-0.2, -0.15) is 0 Å². The van der Waals surface area contributed by atoms with Gasteiger partial charge in [0, 0.05) is 13.1 Å². The minimum Gasteiger partial charge on any atom is -0.346 e.